The van der Waals surface area contributed by atoms with Gasteiger partial charge in [0, 0.05) is 11.4 Å². The third kappa shape index (κ3) is 5.14. The van der Waals surface area contributed by atoms with Gasteiger partial charge in [0.25, 0.3) is 5.91 Å². The summed E-state index contributed by atoms with van der Waals surface area (Å²) < 4.78 is 16.4. The van der Waals surface area contributed by atoms with E-state index in [0.717, 1.165) is 5.75 Å². The maximum Gasteiger partial charge on any atom is 0.414 e. The van der Waals surface area contributed by atoms with E-state index in [2.05, 4.69) is 5.32 Å². The summed E-state index contributed by atoms with van der Waals surface area (Å²) >= 11 is 0. The van der Waals surface area contributed by atoms with Gasteiger partial charge in [0.1, 0.15) is 31.3 Å². The summed E-state index contributed by atoms with van der Waals surface area (Å²) in [6, 6.07) is 23.6. The number of nitrogens with zero attached hydrogens (tertiary/aromatic N) is 1. The Morgan fingerprint density at radius 3 is 2.52 bits per heavy atom. The molecule has 1 aliphatic heterocycles. The first-order chi connectivity index (χ1) is 15.2. The van der Waals surface area contributed by atoms with Crippen molar-refractivity contribution in [1.29, 1.82) is 0 Å². The van der Waals surface area contributed by atoms with Crippen LogP contribution in [0.25, 0.3) is 0 Å². The van der Waals surface area contributed by atoms with Crippen LogP contribution >= 0.6 is 0 Å². The average molecular weight is 418 g/mol. The fourth-order valence-corrected chi connectivity index (χ4v) is 3.19. The third-order valence-corrected chi connectivity index (χ3v) is 4.66. The van der Waals surface area contributed by atoms with E-state index >= 15 is 0 Å². The van der Waals surface area contributed by atoms with Gasteiger partial charge in [-0.25, -0.2) is 4.79 Å². The lowest BCUT2D eigenvalue weighted by Gasteiger charge is -2.15. The summed E-state index contributed by atoms with van der Waals surface area (Å²) in [5, 5.41) is 2.86. The zero-order valence-corrected chi connectivity index (χ0v) is 16.8. The zero-order valence-electron chi connectivity index (χ0n) is 16.8. The first-order valence-electron chi connectivity index (χ1n) is 9.96. The minimum absolute atomic E-state index is 0.297. The maximum absolute atomic E-state index is 12.9. The molecule has 0 unspecified atom stereocenters. The highest BCUT2D eigenvalue weighted by molar-refractivity contribution is 6.06. The Kier molecular flexibility index (Phi) is 6.32. The van der Waals surface area contributed by atoms with Crippen molar-refractivity contribution in [2.75, 3.05) is 36.6 Å². The van der Waals surface area contributed by atoms with E-state index in [1.165, 1.54) is 4.90 Å². The lowest BCUT2D eigenvalue weighted by molar-refractivity contribution is 0.102. The van der Waals surface area contributed by atoms with Gasteiger partial charge >= 0.3 is 6.09 Å². The molecule has 1 saturated heterocycles. The Morgan fingerprint density at radius 2 is 1.71 bits per heavy atom. The van der Waals surface area contributed by atoms with Crippen LogP contribution in [-0.2, 0) is 4.74 Å². The van der Waals surface area contributed by atoms with Gasteiger partial charge in [0.15, 0.2) is 0 Å². The number of hydrogen-bond acceptors (Lipinski definition) is 5. The summed E-state index contributed by atoms with van der Waals surface area (Å²) in [4.78, 5) is 26.2. The number of anilines is 2. The SMILES string of the molecule is O=C(Nc1cccc(N2CCOC2=O)c1)c1ccccc1OCCOc1ccccc1. The van der Waals surface area contributed by atoms with Crippen LogP contribution in [0.4, 0.5) is 16.2 Å². The topological polar surface area (TPSA) is 77.1 Å². The van der Waals surface area contributed by atoms with E-state index in [1.54, 1.807) is 42.5 Å². The van der Waals surface area contributed by atoms with Crippen molar-refractivity contribution >= 4 is 23.4 Å². The van der Waals surface area contributed by atoms with Crippen molar-refractivity contribution < 1.29 is 23.8 Å². The number of hydrogen-bond donors (Lipinski definition) is 1. The second-order valence-corrected chi connectivity index (χ2v) is 6.78. The predicted molar refractivity (Wildman–Crippen MR) is 117 cm³/mol. The summed E-state index contributed by atoms with van der Waals surface area (Å²) in [6.45, 7) is 1.49. The predicted octanol–water partition coefficient (Wildman–Crippen LogP) is 4.35. The Balaban J connectivity index is 1.38. The Hall–Kier alpha value is -4.00. The van der Waals surface area contributed by atoms with Crippen molar-refractivity contribution in [2.45, 2.75) is 0 Å². The summed E-state index contributed by atoms with van der Waals surface area (Å²) in [5.74, 6) is 0.926. The molecule has 1 fully saturated rings. The second-order valence-electron chi connectivity index (χ2n) is 6.78. The number of rotatable bonds is 8. The zero-order chi connectivity index (χ0) is 21.5. The number of para-hydroxylation sites is 2. The first kappa shape index (κ1) is 20.3. The molecule has 2 amide bonds. The Labute approximate surface area is 180 Å². The number of nitrogens with one attached hydrogen (secondary N) is 1. The van der Waals surface area contributed by atoms with E-state index < -0.39 is 0 Å². The van der Waals surface area contributed by atoms with Crippen molar-refractivity contribution in [2.24, 2.45) is 0 Å². The molecule has 31 heavy (non-hydrogen) atoms. The summed E-state index contributed by atoms with van der Waals surface area (Å²) in [6.07, 6.45) is -0.389. The van der Waals surface area contributed by atoms with Crippen LogP contribution < -0.4 is 19.7 Å². The number of benzene rings is 3. The molecule has 1 N–H and O–H groups in total. The van der Waals surface area contributed by atoms with Gasteiger partial charge in [-0.15, -0.1) is 0 Å². The fourth-order valence-electron chi connectivity index (χ4n) is 3.19. The molecular formula is C24H22N2O5. The van der Waals surface area contributed by atoms with E-state index in [9.17, 15) is 9.59 Å². The molecule has 7 heteroatoms. The highest BCUT2D eigenvalue weighted by atomic mass is 16.6. The molecule has 0 bridgehead atoms. The average Bonchev–Trinajstić information content (AvgIpc) is 3.24. The van der Waals surface area contributed by atoms with Gasteiger partial charge in [0.05, 0.1) is 12.1 Å². The van der Waals surface area contributed by atoms with Gasteiger partial charge in [-0.05, 0) is 42.5 Å². The molecule has 4 rings (SSSR count). The van der Waals surface area contributed by atoms with Gasteiger partial charge < -0.3 is 19.5 Å². The maximum atomic E-state index is 12.9. The van der Waals surface area contributed by atoms with E-state index in [4.69, 9.17) is 14.2 Å². The first-order valence-corrected chi connectivity index (χ1v) is 9.96. The number of amides is 2. The van der Waals surface area contributed by atoms with Crippen molar-refractivity contribution in [3.05, 3.63) is 84.4 Å². The van der Waals surface area contributed by atoms with Crippen LogP contribution in [0.15, 0.2) is 78.9 Å². The van der Waals surface area contributed by atoms with Gasteiger partial charge in [-0.3, -0.25) is 9.69 Å². The molecule has 1 aliphatic rings. The highest BCUT2D eigenvalue weighted by Gasteiger charge is 2.23. The smallest absolute Gasteiger partial charge is 0.414 e. The van der Waals surface area contributed by atoms with Crippen LogP contribution in [0.2, 0.25) is 0 Å². The standard InChI is InChI=1S/C24H22N2O5/c27-23(25-18-7-6-8-19(17-18)26-13-14-31-24(26)28)21-11-4-5-12-22(21)30-16-15-29-20-9-2-1-3-10-20/h1-12,17H,13-16H2,(H,25,27). The van der Waals surface area contributed by atoms with Crippen molar-refractivity contribution in [3.63, 3.8) is 0 Å². The molecular weight excluding hydrogens is 396 g/mol. The fraction of sp³-hybridized carbons (Fsp3) is 0.167. The lowest BCUT2D eigenvalue weighted by Crippen LogP contribution is -2.23. The largest absolute Gasteiger partial charge is 0.490 e. The van der Waals surface area contributed by atoms with E-state index in [1.807, 2.05) is 36.4 Å². The lowest BCUT2D eigenvalue weighted by atomic mass is 10.1. The normalized spacial score (nSPS) is 12.9. The van der Waals surface area contributed by atoms with E-state index in [0.29, 0.717) is 49.1 Å². The van der Waals surface area contributed by atoms with Crippen LogP contribution in [-0.4, -0.2) is 38.4 Å². The number of ether oxygens (including phenoxy) is 3. The van der Waals surface area contributed by atoms with E-state index in [-0.39, 0.29) is 12.0 Å². The molecule has 0 aliphatic carbocycles. The Bertz CT molecular complexity index is 1050. The van der Waals surface area contributed by atoms with Crippen LogP contribution in [0.3, 0.4) is 0 Å². The van der Waals surface area contributed by atoms with Gasteiger partial charge in [-0.2, -0.15) is 0 Å². The number of carbonyl (C=O) groups excluding carboxylic acids is 2. The number of cyclic esters (lactones) is 1. The van der Waals surface area contributed by atoms with Crippen molar-refractivity contribution in [3.8, 4) is 11.5 Å². The minimum atomic E-state index is -0.389. The second kappa shape index (κ2) is 9.67. The van der Waals surface area contributed by atoms with Crippen LogP contribution in [0.1, 0.15) is 10.4 Å². The molecule has 0 atom stereocenters. The molecule has 0 radical (unpaired) electrons. The van der Waals surface area contributed by atoms with Gasteiger partial charge in [-0.1, -0.05) is 36.4 Å². The molecule has 158 valence electrons. The Morgan fingerprint density at radius 1 is 0.935 bits per heavy atom. The molecule has 0 spiro atoms. The number of carbonyl (C=O) groups is 2. The minimum Gasteiger partial charge on any atom is -0.490 e. The summed E-state index contributed by atoms with van der Waals surface area (Å²) in [5.41, 5.74) is 1.65. The summed E-state index contributed by atoms with van der Waals surface area (Å²) in [7, 11) is 0. The highest BCUT2D eigenvalue weighted by Crippen LogP contribution is 2.24. The molecule has 0 saturated carbocycles. The van der Waals surface area contributed by atoms with Crippen LogP contribution in [0, 0.1) is 0 Å². The molecule has 7 nitrogen and oxygen atoms in total. The molecule has 1 heterocycles. The van der Waals surface area contributed by atoms with Crippen molar-refractivity contribution in [1.82, 2.24) is 0 Å². The molecule has 0 aromatic heterocycles. The molecule has 3 aromatic rings. The van der Waals surface area contributed by atoms with Crippen LogP contribution in [0.5, 0.6) is 11.5 Å². The quantitative estimate of drug-likeness (QED) is 0.550. The molecule has 3 aromatic carbocycles. The third-order valence-electron chi connectivity index (χ3n) is 4.66. The monoisotopic (exact) mass is 418 g/mol. The van der Waals surface area contributed by atoms with Gasteiger partial charge in [0.2, 0.25) is 0 Å².